The lowest BCUT2D eigenvalue weighted by molar-refractivity contribution is -0.384. The van der Waals surface area contributed by atoms with Crippen LogP contribution < -0.4 is 0 Å². The average molecular weight is 289 g/mol. The highest BCUT2D eigenvalue weighted by atomic mass is 79.9. The molecule has 1 aromatic carbocycles. The SMILES string of the molecule is CC.O=[N+]([O-])c1ccc2nc(Br)sc2c1. The fourth-order valence-corrected chi connectivity index (χ4v) is 2.44. The average Bonchev–Trinajstić information content (AvgIpc) is 2.59. The van der Waals surface area contributed by atoms with E-state index in [1.807, 2.05) is 13.8 Å². The van der Waals surface area contributed by atoms with Gasteiger partial charge in [-0.2, -0.15) is 0 Å². The summed E-state index contributed by atoms with van der Waals surface area (Å²) in [6.07, 6.45) is 0. The molecule has 2 aromatic rings. The van der Waals surface area contributed by atoms with Crippen LogP contribution in [0.2, 0.25) is 0 Å². The van der Waals surface area contributed by atoms with Gasteiger partial charge in [-0.15, -0.1) is 11.3 Å². The maximum absolute atomic E-state index is 10.4. The van der Waals surface area contributed by atoms with Crippen molar-refractivity contribution in [3.63, 3.8) is 0 Å². The number of fused-ring (bicyclic) bond motifs is 1. The summed E-state index contributed by atoms with van der Waals surface area (Å²) < 4.78 is 1.56. The van der Waals surface area contributed by atoms with E-state index in [0.717, 1.165) is 14.1 Å². The van der Waals surface area contributed by atoms with E-state index in [4.69, 9.17) is 0 Å². The Bertz CT molecular complexity index is 484. The smallest absolute Gasteiger partial charge is 0.258 e. The summed E-state index contributed by atoms with van der Waals surface area (Å²) in [5.74, 6) is 0. The predicted molar refractivity (Wildman–Crippen MR) is 65.3 cm³/mol. The third kappa shape index (κ3) is 2.73. The summed E-state index contributed by atoms with van der Waals surface area (Å²) in [7, 11) is 0. The van der Waals surface area contributed by atoms with Crippen molar-refractivity contribution in [1.29, 1.82) is 0 Å². The zero-order valence-corrected chi connectivity index (χ0v) is 10.6. The molecule has 0 saturated heterocycles. The number of non-ortho nitro benzene ring substituents is 1. The van der Waals surface area contributed by atoms with Crippen LogP contribution in [0.25, 0.3) is 10.2 Å². The van der Waals surface area contributed by atoms with Gasteiger partial charge in [-0.1, -0.05) is 13.8 Å². The summed E-state index contributed by atoms with van der Waals surface area (Å²) in [6, 6.07) is 4.63. The van der Waals surface area contributed by atoms with Crippen LogP contribution in [0.5, 0.6) is 0 Å². The molecule has 0 spiro atoms. The van der Waals surface area contributed by atoms with Gasteiger partial charge in [-0.25, -0.2) is 4.98 Å². The van der Waals surface area contributed by atoms with Crippen LogP contribution in [-0.4, -0.2) is 9.91 Å². The van der Waals surface area contributed by atoms with Crippen LogP contribution >= 0.6 is 27.3 Å². The van der Waals surface area contributed by atoms with Gasteiger partial charge >= 0.3 is 0 Å². The van der Waals surface area contributed by atoms with Crippen molar-refractivity contribution in [2.24, 2.45) is 0 Å². The number of aromatic nitrogens is 1. The Morgan fingerprint density at radius 1 is 1.47 bits per heavy atom. The maximum Gasteiger partial charge on any atom is 0.270 e. The van der Waals surface area contributed by atoms with Crippen molar-refractivity contribution in [3.8, 4) is 0 Å². The van der Waals surface area contributed by atoms with Gasteiger partial charge in [-0.3, -0.25) is 10.1 Å². The van der Waals surface area contributed by atoms with Gasteiger partial charge < -0.3 is 0 Å². The highest BCUT2D eigenvalue weighted by molar-refractivity contribution is 9.11. The number of halogens is 1. The molecule has 0 amide bonds. The highest BCUT2D eigenvalue weighted by Gasteiger charge is 2.08. The molecule has 1 heterocycles. The van der Waals surface area contributed by atoms with Crippen LogP contribution in [0.3, 0.4) is 0 Å². The summed E-state index contributed by atoms with van der Waals surface area (Å²) >= 11 is 4.61. The van der Waals surface area contributed by atoms with E-state index >= 15 is 0 Å². The van der Waals surface area contributed by atoms with Gasteiger partial charge in [0.1, 0.15) is 0 Å². The number of nitro benzene ring substituents is 1. The molecule has 80 valence electrons. The minimum atomic E-state index is -0.410. The molecule has 0 radical (unpaired) electrons. The molecule has 4 nitrogen and oxygen atoms in total. The van der Waals surface area contributed by atoms with Crippen molar-refractivity contribution < 1.29 is 4.92 Å². The monoisotopic (exact) mass is 288 g/mol. The maximum atomic E-state index is 10.4. The number of nitro groups is 1. The number of benzene rings is 1. The summed E-state index contributed by atoms with van der Waals surface area (Å²) in [5, 5.41) is 10.4. The van der Waals surface area contributed by atoms with E-state index in [0.29, 0.717) is 0 Å². The van der Waals surface area contributed by atoms with Gasteiger partial charge in [0, 0.05) is 12.1 Å². The second-order valence-corrected chi connectivity index (χ2v) is 4.68. The quantitative estimate of drug-likeness (QED) is 0.589. The molecule has 15 heavy (non-hydrogen) atoms. The topological polar surface area (TPSA) is 56.0 Å². The normalized spacial score (nSPS) is 9.53. The van der Waals surface area contributed by atoms with Gasteiger partial charge in [0.15, 0.2) is 3.92 Å². The van der Waals surface area contributed by atoms with Crippen molar-refractivity contribution in [1.82, 2.24) is 4.98 Å². The Morgan fingerprint density at radius 2 is 2.13 bits per heavy atom. The van der Waals surface area contributed by atoms with Gasteiger partial charge in [0.2, 0.25) is 0 Å². The summed E-state index contributed by atoms with van der Waals surface area (Å²) in [4.78, 5) is 14.1. The summed E-state index contributed by atoms with van der Waals surface area (Å²) in [6.45, 7) is 4.00. The molecule has 0 bridgehead atoms. The first-order chi connectivity index (χ1) is 7.16. The van der Waals surface area contributed by atoms with E-state index in [-0.39, 0.29) is 5.69 Å². The van der Waals surface area contributed by atoms with E-state index < -0.39 is 4.92 Å². The highest BCUT2D eigenvalue weighted by Crippen LogP contribution is 2.28. The molecule has 0 N–H and O–H groups in total. The Balaban J connectivity index is 0.000000531. The standard InChI is InChI=1S/C7H3BrN2O2S.C2H6/c8-7-9-5-2-1-4(10(11)12)3-6(5)13-7;1-2/h1-3H;1-2H3. The molecule has 2 rings (SSSR count). The lowest BCUT2D eigenvalue weighted by Crippen LogP contribution is -1.85. The van der Waals surface area contributed by atoms with Gasteiger partial charge in [0.05, 0.1) is 15.1 Å². The van der Waals surface area contributed by atoms with E-state index in [9.17, 15) is 10.1 Å². The van der Waals surface area contributed by atoms with Gasteiger partial charge in [0.25, 0.3) is 5.69 Å². The second-order valence-electron chi connectivity index (χ2n) is 2.38. The van der Waals surface area contributed by atoms with Crippen molar-refractivity contribution in [3.05, 3.63) is 32.2 Å². The van der Waals surface area contributed by atoms with Crippen molar-refractivity contribution in [2.75, 3.05) is 0 Å². The zero-order valence-electron chi connectivity index (χ0n) is 8.23. The molecule has 0 saturated carbocycles. The first kappa shape index (κ1) is 12.1. The predicted octanol–water partition coefficient (Wildman–Crippen LogP) is 3.99. The fourth-order valence-electron chi connectivity index (χ4n) is 0.999. The van der Waals surface area contributed by atoms with Crippen LogP contribution in [0, 0.1) is 10.1 Å². The van der Waals surface area contributed by atoms with Crippen LogP contribution in [0.15, 0.2) is 22.1 Å². The number of hydrogen-bond donors (Lipinski definition) is 0. The molecule has 0 fully saturated rings. The lowest BCUT2D eigenvalue weighted by Gasteiger charge is -1.88. The third-order valence-corrected chi connectivity index (χ3v) is 3.03. The van der Waals surface area contributed by atoms with Crippen LogP contribution in [0.1, 0.15) is 13.8 Å². The number of rotatable bonds is 1. The molecule has 1 aromatic heterocycles. The Labute approximate surface area is 99.2 Å². The molecular formula is C9H9BrN2O2S. The van der Waals surface area contributed by atoms with E-state index in [1.165, 1.54) is 23.5 Å². The fraction of sp³-hybridized carbons (Fsp3) is 0.222. The van der Waals surface area contributed by atoms with Crippen LogP contribution in [0.4, 0.5) is 5.69 Å². The minimum absolute atomic E-state index is 0.101. The Hall–Kier alpha value is -1.01. The van der Waals surface area contributed by atoms with E-state index in [2.05, 4.69) is 20.9 Å². The number of hydrogen-bond acceptors (Lipinski definition) is 4. The Kier molecular flexibility index (Phi) is 4.16. The molecule has 6 heteroatoms. The largest absolute Gasteiger partial charge is 0.270 e. The van der Waals surface area contributed by atoms with Crippen molar-refractivity contribution in [2.45, 2.75) is 13.8 Å². The lowest BCUT2D eigenvalue weighted by atomic mass is 10.3. The number of nitrogens with zero attached hydrogens (tertiary/aromatic N) is 2. The number of thiazole rings is 1. The molecular weight excluding hydrogens is 280 g/mol. The van der Waals surface area contributed by atoms with Crippen LogP contribution in [-0.2, 0) is 0 Å². The third-order valence-electron chi connectivity index (χ3n) is 1.56. The Morgan fingerprint density at radius 3 is 2.73 bits per heavy atom. The molecule has 0 aliphatic heterocycles. The summed E-state index contributed by atoms with van der Waals surface area (Å²) in [5.41, 5.74) is 0.881. The molecule has 0 aliphatic carbocycles. The molecule has 0 aliphatic rings. The second kappa shape index (κ2) is 5.18. The van der Waals surface area contributed by atoms with Crippen molar-refractivity contribution >= 4 is 43.2 Å². The van der Waals surface area contributed by atoms with E-state index in [1.54, 1.807) is 6.07 Å². The minimum Gasteiger partial charge on any atom is -0.258 e. The molecule has 0 atom stereocenters. The molecule has 0 unspecified atom stereocenters. The zero-order chi connectivity index (χ0) is 11.4. The first-order valence-electron chi connectivity index (χ1n) is 4.37. The first-order valence-corrected chi connectivity index (χ1v) is 5.98. The van der Waals surface area contributed by atoms with Gasteiger partial charge in [-0.05, 0) is 22.0 Å².